The van der Waals surface area contributed by atoms with Crippen molar-refractivity contribution in [3.05, 3.63) is 23.5 Å². The van der Waals surface area contributed by atoms with Gasteiger partial charge in [0.25, 0.3) is 0 Å². The molecule has 0 atom stereocenters. The number of aromatic nitrogens is 1. The summed E-state index contributed by atoms with van der Waals surface area (Å²) in [4.78, 5) is 25.3. The Bertz CT molecular complexity index is 755. The molecular weight excluding hydrogens is 336 g/mol. The van der Waals surface area contributed by atoms with Gasteiger partial charge in [0, 0.05) is 19.3 Å². The maximum atomic E-state index is 12.2. The van der Waals surface area contributed by atoms with Gasteiger partial charge in [-0.05, 0) is 44.2 Å². The molecule has 0 radical (unpaired) electrons. The number of carboxylic acid groups (broad SMARTS) is 1. The number of hydrogen-bond acceptors (Lipinski definition) is 5. The minimum atomic E-state index is -4.19. The molecule has 0 aliphatic carbocycles. The summed E-state index contributed by atoms with van der Waals surface area (Å²) in [5, 5.41) is 14.4. The summed E-state index contributed by atoms with van der Waals surface area (Å²) in [5.41, 5.74) is 4.92. The monoisotopic (exact) mass is 358 g/mol. The van der Waals surface area contributed by atoms with Gasteiger partial charge in [0.05, 0.1) is 5.54 Å². The van der Waals surface area contributed by atoms with Crippen molar-refractivity contribution in [3.63, 3.8) is 0 Å². The highest BCUT2D eigenvalue weighted by Gasteiger charge is 2.33. The fourth-order valence-corrected chi connectivity index (χ4v) is 3.66. The van der Waals surface area contributed by atoms with Crippen LogP contribution < -0.4 is 10.9 Å². The van der Waals surface area contributed by atoms with Gasteiger partial charge in [-0.1, -0.05) is 0 Å². The third kappa shape index (κ3) is 3.60. The van der Waals surface area contributed by atoms with Crippen molar-refractivity contribution in [1.82, 2.24) is 8.87 Å². The zero-order chi connectivity index (χ0) is 18.3. The average molecular weight is 358 g/mol. The van der Waals surface area contributed by atoms with Gasteiger partial charge in [-0.15, -0.1) is 0 Å². The first-order chi connectivity index (χ1) is 10.9. The Morgan fingerprint density at radius 3 is 2.25 bits per heavy atom. The molecule has 0 unspecified atom stereocenters. The third-order valence-electron chi connectivity index (χ3n) is 4.13. The standard InChI is InChI=1S/C14H22N4O5S/c1-14(2,15)13(21)17-6-3-9(4-7-17)10-5-8-18(24(16,22)23)11(10)12(19)20/h5,8-9H,3-4,6-7,15H2,1-2H3,(H,19,20)(H2,16,22,23). The van der Waals surface area contributed by atoms with Crippen LogP contribution in [0.4, 0.5) is 0 Å². The maximum absolute atomic E-state index is 12.2. The van der Waals surface area contributed by atoms with Crippen LogP contribution in [0.5, 0.6) is 0 Å². The highest BCUT2D eigenvalue weighted by atomic mass is 32.2. The number of likely N-dealkylation sites (tertiary alicyclic amines) is 1. The van der Waals surface area contributed by atoms with Crippen LogP contribution in [0.15, 0.2) is 12.3 Å². The molecule has 1 aliphatic heterocycles. The molecule has 0 saturated carbocycles. The molecule has 1 fully saturated rings. The number of piperidine rings is 1. The number of nitrogens with zero attached hydrogens (tertiary/aromatic N) is 2. The van der Waals surface area contributed by atoms with E-state index < -0.39 is 21.7 Å². The molecule has 5 N–H and O–H groups in total. The number of amides is 1. The number of aromatic carboxylic acids is 1. The topological polar surface area (TPSA) is 149 Å². The summed E-state index contributed by atoms with van der Waals surface area (Å²) in [5.74, 6) is -1.68. The first-order valence-electron chi connectivity index (χ1n) is 7.49. The van der Waals surface area contributed by atoms with E-state index in [1.165, 1.54) is 6.07 Å². The summed E-state index contributed by atoms with van der Waals surface area (Å²) in [7, 11) is -4.19. The van der Waals surface area contributed by atoms with Crippen LogP contribution in [0.3, 0.4) is 0 Å². The SMILES string of the molecule is CC(C)(N)C(=O)N1CCC(c2ccn(S(N)(=O)=O)c2C(=O)O)CC1. The van der Waals surface area contributed by atoms with E-state index in [9.17, 15) is 23.1 Å². The number of nitrogens with two attached hydrogens (primary N) is 2. The first kappa shape index (κ1) is 18.4. The lowest BCUT2D eigenvalue weighted by Crippen LogP contribution is -2.53. The maximum Gasteiger partial charge on any atom is 0.353 e. The van der Waals surface area contributed by atoms with Gasteiger partial charge in [-0.25, -0.2) is 13.9 Å². The van der Waals surface area contributed by atoms with Crippen LogP contribution in [0.25, 0.3) is 0 Å². The van der Waals surface area contributed by atoms with E-state index >= 15 is 0 Å². The summed E-state index contributed by atoms with van der Waals surface area (Å²) in [6.45, 7) is 4.14. The lowest BCUT2D eigenvalue weighted by atomic mass is 9.88. The Labute approximate surface area is 140 Å². The second-order valence-electron chi connectivity index (χ2n) is 6.55. The van der Waals surface area contributed by atoms with Crippen LogP contribution in [0.1, 0.15) is 48.7 Å². The van der Waals surface area contributed by atoms with Crippen LogP contribution >= 0.6 is 0 Å². The number of carboxylic acids is 1. The third-order valence-corrected chi connectivity index (χ3v) is 4.99. The van der Waals surface area contributed by atoms with Gasteiger partial charge in [-0.2, -0.15) is 8.42 Å². The Balaban J connectivity index is 2.23. The van der Waals surface area contributed by atoms with Gasteiger partial charge in [0.15, 0.2) is 0 Å². The van der Waals surface area contributed by atoms with E-state index in [-0.39, 0.29) is 17.5 Å². The van der Waals surface area contributed by atoms with Crippen molar-refractivity contribution in [2.24, 2.45) is 10.9 Å². The quantitative estimate of drug-likeness (QED) is 0.671. The van der Waals surface area contributed by atoms with Crippen LogP contribution in [-0.2, 0) is 15.0 Å². The molecule has 134 valence electrons. The highest BCUT2D eigenvalue weighted by Crippen LogP contribution is 2.32. The van der Waals surface area contributed by atoms with Gasteiger partial charge in [0.2, 0.25) is 5.91 Å². The number of hydrogen-bond donors (Lipinski definition) is 3. The Hall–Kier alpha value is -1.91. The van der Waals surface area contributed by atoms with Crippen molar-refractivity contribution in [3.8, 4) is 0 Å². The minimum absolute atomic E-state index is 0.163. The highest BCUT2D eigenvalue weighted by molar-refractivity contribution is 7.87. The number of carbonyl (C=O) groups is 2. The van der Waals surface area contributed by atoms with Crippen molar-refractivity contribution in [1.29, 1.82) is 0 Å². The normalized spacial score (nSPS) is 17.1. The summed E-state index contributed by atoms with van der Waals surface area (Å²) < 4.78 is 23.6. The Morgan fingerprint density at radius 1 is 1.29 bits per heavy atom. The van der Waals surface area contributed by atoms with Gasteiger partial charge >= 0.3 is 16.2 Å². The molecule has 1 aliphatic rings. The zero-order valence-corrected chi connectivity index (χ0v) is 14.4. The fraction of sp³-hybridized carbons (Fsp3) is 0.571. The smallest absolute Gasteiger partial charge is 0.353 e. The predicted octanol–water partition coefficient (Wildman–Crippen LogP) is -0.319. The number of rotatable bonds is 4. The predicted molar refractivity (Wildman–Crippen MR) is 86.7 cm³/mol. The lowest BCUT2D eigenvalue weighted by Gasteiger charge is -2.35. The van der Waals surface area contributed by atoms with E-state index in [4.69, 9.17) is 10.9 Å². The van der Waals surface area contributed by atoms with Crippen LogP contribution in [0, 0.1) is 0 Å². The van der Waals surface area contributed by atoms with E-state index in [1.54, 1.807) is 18.7 Å². The van der Waals surface area contributed by atoms with E-state index in [0.29, 0.717) is 35.5 Å². The second kappa shape index (κ2) is 6.19. The summed E-state index contributed by atoms with van der Waals surface area (Å²) in [6, 6.07) is 1.46. The van der Waals surface area contributed by atoms with Crippen molar-refractivity contribution in [2.45, 2.75) is 38.1 Å². The van der Waals surface area contributed by atoms with Gasteiger partial charge in [0.1, 0.15) is 5.69 Å². The van der Waals surface area contributed by atoms with E-state index in [2.05, 4.69) is 0 Å². The van der Waals surface area contributed by atoms with Crippen LogP contribution in [-0.4, -0.2) is 52.9 Å². The molecule has 0 spiro atoms. The van der Waals surface area contributed by atoms with Crippen LogP contribution in [0.2, 0.25) is 0 Å². The van der Waals surface area contributed by atoms with Crippen molar-refractivity contribution < 1.29 is 23.1 Å². The molecule has 1 aromatic rings. The summed E-state index contributed by atoms with van der Waals surface area (Å²) in [6.07, 6.45) is 2.20. The van der Waals surface area contributed by atoms with Gasteiger partial charge in [-0.3, -0.25) is 4.79 Å². The molecule has 24 heavy (non-hydrogen) atoms. The lowest BCUT2D eigenvalue weighted by molar-refractivity contribution is -0.136. The van der Waals surface area contributed by atoms with Crippen molar-refractivity contribution >= 4 is 22.1 Å². The first-order valence-corrected chi connectivity index (χ1v) is 8.99. The fourth-order valence-electron chi connectivity index (χ4n) is 2.99. The Kier molecular flexibility index (Phi) is 4.75. The molecule has 1 saturated heterocycles. The van der Waals surface area contributed by atoms with E-state index in [0.717, 1.165) is 6.20 Å². The molecule has 9 nitrogen and oxygen atoms in total. The molecule has 0 bridgehead atoms. The molecule has 1 amide bonds. The minimum Gasteiger partial charge on any atom is -0.477 e. The number of carbonyl (C=O) groups excluding carboxylic acids is 1. The van der Waals surface area contributed by atoms with Crippen molar-refractivity contribution in [2.75, 3.05) is 13.1 Å². The van der Waals surface area contributed by atoms with E-state index in [1.807, 2.05) is 0 Å². The molecular formula is C14H22N4O5S. The van der Waals surface area contributed by atoms with Gasteiger partial charge < -0.3 is 15.7 Å². The molecule has 10 heteroatoms. The zero-order valence-electron chi connectivity index (χ0n) is 13.6. The molecule has 0 aromatic carbocycles. The molecule has 1 aromatic heterocycles. The molecule has 2 heterocycles. The second-order valence-corrected chi connectivity index (χ2v) is 7.98. The molecule has 2 rings (SSSR count). The Morgan fingerprint density at radius 2 is 1.83 bits per heavy atom. The largest absolute Gasteiger partial charge is 0.477 e. The summed E-state index contributed by atoms with van der Waals surface area (Å²) >= 11 is 0. The average Bonchev–Trinajstić information content (AvgIpc) is 2.90.